The monoisotopic (exact) mass is 373 g/mol. The topological polar surface area (TPSA) is 41.6 Å². The fraction of sp³-hybridized carbons (Fsp3) is 0.333. The first-order valence-corrected chi connectivity index (χ1v) is 10.1. The number of hydrogen-bond acceptors (Lipinski definition) is 2. The summed E-state index contributed by atoms with van der Waals surface area (Å²) in [5.41, 5.74) is 5.57. The van der Waals surface area contributed by atoms with Crippen LogP contribution < -0.4 is 0 Å². The lowest BCUT2D eigenvalue weighted by molar-refractivity contribution is 0.322. The van der Waals surface area contributed by atoms with Gasteiger partial charge in [0.2, 0.25) is 0 Å². The average molecular weight is 373 g/mol. The zero-order valence-corrected chi connectivity index (χ0v) is 16.1. The summed E-state index contributed by atoms with van der Waals surface area (Å²) in [6.07, 6.45) is 7.50. The molecule has 0 amide bonds. The zero-order valence-electron chi connectivity index (χ0n) is 16.1. The van der Waals surface area contributed by atoms with Gasteiger partial charge < -0.3 is 4.98 Å². The van der Waals surface area contributed by atoms with Gasteiger partial charge in [-0.3, -0.25) is 4.98 Å². The van der Waals surface area contributed by atoms with E-state index in [1.165, 1.54) is 30.0 Å². The molecule has 0 atom stereocenters. The first-order valence-electron chi connectivity index (χ1n) is 10.1. The van der Waals surface area contributed by atoms with Gasteiger partial charge in [0.15, 0.2) is 0 Å². The molecule has 2 heterocycles. The van der Waals surface area contributed by atoms with Crippen molar-refractivity contribution in [2.45, 2.75) is 44.9 Å². The number of pyridine rings is 1. The highest BCUT2D eigenvalue weighted by Gasteiger charge is 2.24. The van der Waals surface area contributed by atoms with Crippen LogP contribution in [-0.2, 0) is 6.42 Å². The summed E-state index contributed by atoms with van der Waals surface area (Å²) in [5, 5.41) is 0.971. The lowest BCUT2D eigenvalue weighted by Gasteiger charge is -2.29. The van der Waals surface area contributed by atoms with Gasteiger partial charge in [0, 0.05) is 18.0 Å². The number of nitrogens with one attached hydrogen (secondary N) is 1. The maximum Gasteiger partial charge on any atom is 0.123 e. The van der Waals surface area contributed by atoms with Gasteiger partial charge in [-0.15, -0.1) is 0 Å². The molecule has 2 aromatic heterocycles. The first kappa shape index (κ1) is 17.4. The van der Waals surface area contributed by atoms with Crippen molar-refractivity contribution in [2.75, 3.05) is 0 Å². The van der Waals surface area contributed by atoms with Gasteiger partial charge in [-0.25, -0.2) is 9.37 Å². The minimum absolute atomic E-state index is 0.185. The molecule has 142 valence electrons. The third-order valence-electron chi connectivity index (χ3n) is 6.19. The number of aryl methyl sites for hydroxylation is 1. The third-order valence-corrected chi connectivity index (χ3v) is 6.19. The van der Waals surface area contributed by atoms with E-state index in [4.69, 9.17) is 4.98 Å². The highest BCUT2D eigenvalue weighted by Crippen LogP contribution is 2.39. The summed E-state index contributed by atoms with van der Waals surface area (Å²) < 4.78 is 13.8. The van der Waals surface area contributed by atoms with E-state index in [-0.39, 0.29) is 5.82 Å². The fourth-order valence-electron chi connectivity index (χ4n) is 4.71. The number of rotatable bonds is 3. The summed E-state index contributed by atoms with van der Waals surface area (Å²) in [4.78, 5) is 12.7. The van der Waals surface area contributed by atoms with E-state index in [1.54, 1.807) is 12.1 Å². The lowest BCUT2D eigenvalue weighted by Crippen LogP contribution is -2.16. The number of hydrogen-bond donors (Lipinski definition) is 1. The molecule has 1 aliphatic carbocycles. The van der Waals surface area contributed by atoms with E-state index in [0.29, 0.717) is 11.8 Å². The largest absolute Gasteiger partial charge is 0.342 e. The molecular weight excluding hydrogens is 349 g/mol. The summed E-state index contributed by atoms with van der Waals surface area (Å²) in [5.74, 6) is 2.06. The van der Waals surface area contributed by atoms with Crippen molar-refractivity contribution in [2.24, 2.45) is 5.92 Å². The normalized spacial score (nSPS) is 20.1. The standard InChI is InChI=1S/C24H24FN3/c1-15-2-8-22-23(12-15)28-24(27-22)13-16-3-5-17(6-4-16)19-10-11-26-21-9-7-18(25)14-20(19)21/h2,7-12,14,16-17H,3-6,13H2,1H3,(H,27,28)/t16-,17-. The minimum atomic E-state index is -0.185. The molecule has 28 heavy (non-hydrogen) atoms. The van der Waals surface area contributed by atoms with E-state index in [1.807, 2.05) is 6.20 Å². The van der Waals surface area contributed by atoms with Crippen LogP contribution in [0.1, 0.15) is 48.6 Å². The van der Waals surface area contributed by atoms with Gasteiger partial charge in [0.25, 0.3) is 0 Å². The molecule has 0 saturated heterocycles. The fourth-order valence-corrected chi connectivity index (χ4v) is 4.71. The SMILES string of the molecule is Cc1ccc2[nH]c(C[C@H]3CC[C@H](c4ccnc5ccc(F)cc54)CC3)nc2c1. The summed E-state index contributed by atoms with van der Waals surface area (Å²) in [7, 11) is 0. The molecular formula is C24H24FN3. The van der Waals surface area contributed by atoms with Crippen LogP contribution in [0.25, 0.3) is 21.9 Å². The van der Waals surface area contributed by atoms with Gasteiger partial charge >= 0.3 is 0 Å². The molecule has 0 radical (unpaired) electrons. The van der Waals surface area contributed by atoms with Crippen molar-refractivity contribution >= 4 is 21.9 Å². The van der Waals surface area contributed by atoms with Gasteiger partial charge in [-0.2, -0.15) is 0 Å². The average Bonchev–Trinajstić information content (AvgIpc) is 3.09. The van der Waals surface area contributed by atoms with E-state index < -0.39 is 0 Å². The molecule has 1 aliphatic rings. The summed E-state index contributed by atoms with van der Waals surface area (Å²) in [6, 6.07) is 13.4. The Morgan fingerprint density at radius 2 is 1.86 bits per heavy atom. The molecule has 4 heteroatoms. The highest BCUT2D eigenvalue weighted by molar-refractivity contribution is 5.82. The second-order valence-corrected chi connectivity index (χ2v) is 8.19. The maximum atomic E-state index is 13.8. The first-order chi connectivity index (χ1) is 13.7. The number of H-pyrrole nitrogens is 1. The third kappa shape index (κ3) is 3.28. The Hall–Kier alpha value is -2.75. The van der Waals surface area contributed by atoms with Crippen molar-refractivity contribution in [1.82, 2.24) is 15.0 Å². The molecule has 2 aromatic carbocycles. The van der Waals surface area contributed by atoms with E-state index >= 15 is 0 Å². The molecule has 0 spiro atoms. The second kappa shape index (κ2) is 7.01. The maximum absolute atomic E-state index is 13.8. The minimum Gasteiger partial charge on any atom is -0.342 e. The summed E-state index contributed by atoms with van der Waals surface area (Å²) >= 11 is 0. The Kier molecular flexibility index (Phi) is 4.34. The van der Waals surface area contributed by atoms with Crippen LogP contribution in [0.15, 0.2) is 48.7 Å². The Balaban J connectivity index is 1.30. The van der Waals surface area contributed by atoms with Gasteiger partial charge in [-0.05, 0) is 92.0 Å². The Morgan fingerprint density at radius 1 is 1.00 bits per heavy atom. The molecule has 1 saturated carbocycles. The number of halogens is 1. The van der Waals surface area contributed by atoms with Crippen LogP contribution in [-0.4, -0.2) is 15.0 Å². The van der Waals surface area contributed by atoms with Gasteiger partial charge in [0.1, 0.15) is 11.6 Å². The molecule has 0 bridgehead atoms. The Morgan fingerprint density at radius 3 is 2.71 bits per heavy atom. The predicted molar refractivity (Wildman–Crippen MR) is 111 cm³/mol. The van der Waals surface area contributed by atoms with Crippen LogP contribution in [0, 0.1) is 18.7 Å². The Bertz CT molecular complexity index is 1140. The smallest absolute Gasteiger partial charge is 0.123 e. The number of fused-ring (bicyclic) bond motifs is 2. The quantitative estimate of drug-likeness (QED) is 0.473. The van der Waals surface area contributed by atoms with Gasteiger partial charge in [0.05, 0.1) is 16.6 Å². The van der Waals surface area contributed by atoms with Crippen molar-refractivity contribution in [3.8, 4) is 0 Å². The highest BCUT2D eigenvalue weighted by atomic mass is 19.1. The van der Waals surface area contributed by atoms with Crippen molar-refractivity contribution in [1.29, 1.82) is 0 Å². The number of aromatic nitrogens is 3. The second-order valence-electron chi connectivity index (χ2n) is 8.19. The van der Waals surface area contributed by atoms with E-state index in [2.05, 4.69) is 41.2 Å². The van der Waals surface area contributed by atoms with Gasteiger partial charge in [-0.1, -0.05) is 6.07 Å². The molecule has 1 fully saturated rings. The van der Waals surface area contributed by atoms with Crippen molar-refractivity contribution in [3.05, 3.63) is 71.4 Å². The lowest BCUT2D eigenvalue weighted by atomic mass is 9.77. The number of nitrogens with zero attached hydrogens (tertiary/aromatic N) is 2. The molecule has 3 nitrogen and oxygen atoms in total. The molecule has 1 N–H and O–H groups in total. The van der Waals surface area contributed by atoms with E-state index in [9.17, 15) is 4.39 Å². The predicted octanol–water partition coefficient (Wildman–Crippen LogP) is 6.08. The molecule has 0 aliphatic heterocycles. The van der Waals surface area contributed by atoms with Crippen LogP contribution in [0.2, 0.25) is 0 Å². The van der Waals surface area contributed by atoms with Crippen LogP contribution in [0.3, 0.4) is 0 Å². The molecule has 5 rings (SSSR count). The number of imidazole rings is 1. The Labute approximate surface area is 164 Å². The van der Waals surface area contributed by atoms with Crippen molar-refractivity contribution in [3.63, 3.8) is 0 Å². The van der Waals surface area contributed by atoms with Crippen LogP contribution in [0.5, 0.6) is 0 Å². The zero-order chi connectivity index (χ0) is 19.1. The number of aromatic amines is 1. The van der Waals surface area contributed by atoms with Crippen LogP contribution in [0.4, 0.5) is 4.39 Å². The summed E-state index contributed by atoms with van der Waals surface area (Å²) in [6.45, 7) is 2.10. The van der Waals surface area contributed by atoms with Crippen molar-refractivity contribution < 1.29 is 4.39 Å². The number of benzene rings is 2. The van der Waals surface area contributed by atoms with Crippen LogP contribution >= 0.6 is 0 Å². The van der Waals surface area contributed by atoms with E-state index in [0.717, 1.165) is 47.0 Å². The molecule has 4 aromatic rings. The molecule has 0 unspecified atom stereocenters.